The second kappa shape index (κ2) is 12.3. The smallest absolute Gasteiger partial charge is 0.335 e. The minimum absolute atomic E-state index is 0.00112. The molecule has 4 fully saturated rings. The van der Waals surface area contributed by atoms with Gasteiger partial charge in [-0.3, -0.25) is 0 Å². The van der Waals surface area contributed by atoms with E-state index in [-0.39, 0.29) is 33.2 Å². The second-order valence-corrected chi connectivity index (χ2v) is 18.3. The normalized spacial score (nSPS) is 39.7. The van der Waals surface area contributed by atoms with Crippen LogP contribution in [0.15, 0.2) is 42.5 Å². The zero-order chi connectivity index (χ0) is 34.9. The number of carboxylic acids is 1. The summed E-state index contributed by atoms with van der Waals surface area (Å²) in [6.45, 7) is 21.3. The summed E-state index contributed by atoms with van der Waals surface area (Å²) >= 11 is 0. The van der Waals surface area contributed by atoms with Crippen molar-refractivity contribution in [1.82, 2.24) is 15.5 Å². The summed E-state index contributed by atoms with van der Waals surface area (Å²) in [7, 11) is 4.16. The van der Waals surface area contributed by atoms with Crippen LogP contribution < -0.4 is 10.6 Å². The molecule has 2 amide bonds. The number of carboxylic acid groups (broad SMARTS) is 1. The molecule has 9 atom stereocenters. The van der Waals surface area contributed by atoms with Crippen LogP contribution in [0.5, 0.6) is 0 Å². The highest BCUT2D eigenvalue weighted by molar-refractivity contribution is 5.88. The molecule has 9 unspecified atom stereocenters. The largest absolute Gasteiger partial charge is 0.478 e. The molecule has 3 N–H and O–H groups in total. The van der Waals surface area contributed by atoms with Gasteiger partial charge in [0.15, 0.2) is 0 Å². The summed E-state index contributed by atoms with van der Waals surface area (Å²) < 4.78 is 0. The Kier molecular flexibility index (Phi) is 9.04. The molecule has 0 aliphatic heterocycles. The van der Waals surface area contributed by atoms with Gasteiger partial charge in [-0.25, -0.2) is 9.59 Å². The molecule has 264 valence electrons. The number of allylic oxidation sites excluding steroid dienone is 3. The topological polar surface area (TPSA) is 81.7 Å². The van der Waals surface area contributed by atoms with Gasteiger partial charge in [0.1, 0.15) is 0 Å². The number of nitrogens with one attached hydrogen (secondary N) is 2. The summed E-state index contributed by atoms with van der Waals surface area (Å²) in [4.78, 5) is 27.2. The van der Waals surface area contributed by atoms with Crippen LogP contribution in [-0.4, -0.2) is 54.7 Å². The number of carbonyl (C=O) groups is 2. The van der Waals surface area contributed by atoms with Crippen LogP contribution in [0.25, 0.3) is 5.57 Å². The molecule has 6 nitrogen and oxygen atoms in total. The number of hydrogen-bond donors (Lipinski definition) is 3. The molecule has 5 aliphatic rings. The summed E-state index contributed by atoms with van der Waals surface area (Å²) in [6, 6.07) is 7.57. The number of fused-ring (bicyclic) bond motifs is 7. The van der Waals surface area contributed by atoms with Gasteiger partial charge >= 0.3 is 12.0 Å². The number of benzene rings is 1. The van der Waals surface area contributed by atoms with Gasteiger partial charge in [0.05, 0.1) is 5.56 Å². The van der Waals surface area contributed by atoms with E-state index in [9.17, 15) is 14.7 Å². The predicted molar refractivity (Wildman–Crippen MR) is 196 cm³/mol. The lowest BCUT2D eigenvalue weighted by Crippen LogP contribution is -2.68. The molecule has 1 aromatic carbocycles. The van der Waals surface area contributed by atoms with Crippen LogP contribution in [0.1, 0.15) is 122 Å². The Bertz CT molecular complexity index is 1460. The Balaban J connectivity index is 1.28. The van der Waals surface area contributed by atoms with Crippen LogP contribution in [-0.2, 0) is 0 Å². The van der Waals surface area contributed by atoms with Gasteiger partial charge in [-0.1, -0.05) is 65.0 Å². The number of aromatic carboxylic acids is 1. The SMILES string of the molecule is C=C(C)C1CCC2(NC(=O)NCCCN(C)C)CCC3(C)C(CCC4C5(C)CC=C(c6ccc(C(=O)O)cc6)C(C)(C)C5CCC43C)C12. The zero-order valence-corrected chi connectivity index (χ0v) is 31.2. The Hall–Kier alpha value is -2.60. The Morgan fingerprint density at radius 3 is 2.27 bits per heavy atom. The third-order valence-electron chi connectivity index (χ3n) is 15.5. The first-order valence-corrected chi connectivity index (χ1v) is 18.9. The van der Waals surface area contributed by atoms with Crippen LogP contribution in [0.4, 0.5) is 4.79 Å². The van der Waals surface area contributed by atoms with Gasteiger partial charge in [0.2, 0.25) is 0 Å². The van der Waals surface area contributed by atoms with E-state index >= 15 is 0 Å². The first-order valence-electron chi connectivity index (χ1n) is 18.9. The lowest BCUT2D eigenvalue weighted by molar-refractivity contribution is -0.218. The van der Waals surface area contributed by atoms with Crippen molar-refractivity contribution in [1.29, 1.82) is 0 Å². The Morgan fingerprint density at radius 2 is 1.62 bits per heavy atom. The standard InChI is InChI=1S/C42H63N3O3/c1-27(2)30-17-22-42(44-37(48)43-25-10-26-45(8)9)24-23-40(6)32(35(30)42)15-16-34-39(5)20-18-31(28-11-13-29(14-12-28)36(46)47)38(3,4)33(39)19-21-41(34,40)7/h11-14,18,30,32-35H,1,10,15-17,19-26H2,2-9H3,(H,46,47)(H2,43,44,48). The summed E-state index contributed by atoms with van der Waals surface area (Å²) in [5.41, 5.74) is 4.69. The van der Waals surface area contributed by atoms with Gasteiger partial charge in [-0.05, 0) is 166 Å². The minimum Gasteiger partial charge on any atom is -0.478 e. The average Bonchev–Trinajstić information content (AvgIpc) is 3.39. The van der Waals surface area contributed by atoms with Crippen molar-refractivity contribution in [3.63, 3.8) is 0 Å². The fourth-order valence-electron chi connectivity index (χ4n) is 13.1. The lowest BCUT2D eigenvalue weighted by atomic mass is 9.33. The monoisotopic (exact) mass is 657 g/mol. The zero-order valence-electron chi connectivity index (χ0n) is 31.2. The van der Waals surface area contributed by atoms with E-state index in [0.29, 0.717) is 41.7 Å². The Morgan fingerprint density at radius 1 is 0.917 bits per heavy atom. The highest BCUT2D eigenvalue weighted by Gasteiger charge is 2.70. The van der Waals surface area contributed by atoms with E-state index in [2.05, 4.69) is 83.8 Å². The molecule has 0 heterocycles. The van der Waals surface area contributed by atoms with Crippen molar-refractivity contribution in [3.8, 4) is 0 Å². The maximum absolute atomic E-state index is 13.4. The lowest BCUT2D eigenvalue weighted by Gasteiger charge is -2.72. The summed E-state index contributed by atoms with van der Waals surface area (Å²) in [5.74, 6) is 1.80. The van der Waals surface area contributed by atoms with Gasteiger partial charge in [-0.2, -0.15) is 0 Å². The maximum Gasteiger partial charge on any atom is 0.335 e. The minimum atomic E-state index is -0.872. The van der Waals surface area contributed by atoms with Gasteiger partial charge in [-0.15, -0.1) is 0 Å². The van der Waals surface area contributed by atoms with Crippen LogP contribution in [0, 0.1) is 51.2 Å². The molecule has 0 radical (unpaired) electrons. The molecule has 0 aromatic heterocycles. The van der Waals surface area contributed by atoms with E-state index in [0.717, 1.165) is 38.6 Å². The number of nitrogens with zero attached hydrogens (tertiary/aromatic N) is 1. The summed E-state index contributed by atoms with van der Waals surface area (Å²) in [6.07, 6.45) is 13.9. The van der Waals surface area contributed by atoms with Crippen molar-refractivity contribution in [2.24, 2.45) is 51.2 Å². The summed E-state index contributed by atoms with van der Waals surface area (Å²) in [5, 5.41) is 16.3. The van der Waals surface area contributed by atoms with E-state index in [1.807, 2.05) is 12.1 Å². The highest BCUT2D eigenvalue weighted by Crippen LogP contribution is 2.76. The first-order chi connectivity index (χ1) is 22.5. The van der Waals surface area contributed by atoms with E-state index in [1.54, 1.807) is 12.1 Å². The molecule has 0 bridgehead atoms. The number of hydrogen-bond acceptors (Lipinski definition) is 3. The molecular formula is C42H63N3O3. The van der Waals surface area contributed by atoms with Crippen molar-refractivity contribution in [3.05, 3.63) is 53.6 Å². The average molecular weight is 658 g/mol. The van der Waals surface area contributed by atoms with E-state index in [1.165, 1.54) is 48.8 Å². The number of amides is 2. The molecule has 5 aliphatic carbocycles. The van der Waals surface area contributed by atoms with E-state index < -0.39 is 5.97 Å². The molecule has 0 spiro atoms. The molecular weight excluding hydrogens is 594 g/mol. The van der Waals surface area contributed by atoms with Crippen LogP contribution >= 0.6 is 0 Å². The van der Waals surface area contributed by atoms with E-state index in [4.69, 9.17) is 0 Å². The first kappa shape index (κ1) is 35.2. The van der Waals surface area contributed by atoms with Gasteiger partial charge in [0, 0.05) is 12.1 Å². The van der Waals surface area contributed by atoms with Crippen molar-refractivity contribution in [2.75, 3.05) is 27.2 Å². The van der Waals surface area contributed by atoms with Gasteiger partial charge in [0.25, 0.3) is 0 Å². The third-order valence-corrected chi connectivity index (χ3v) is 15.5. The molecule has 6 heteroatoms. The highest BCUT2D eigenvalue weighted by atomic mass is 16.4. The predicted octanol–water partition coefficient (Wildman–Crippen LogP) is 9.04. The second-order valence-electron chi connectivity index (χ2n) is 18.3. The molecule has 48 heavy (non-hydrogen) atoms. The maximum atomic E-state index is 13.4. The molecule has 4 saturated carbocycles. The van der Waals surface area contributed by atoms with Crippen molar-refractivity contribution in [2.45, 2.75) is 111 Å². The van der Waals surface area contributed by atoms with Gasteiger partial charge < -0.3 is 20.6 Å². The third kappa shape index (κ3) is 5.38. The quantitative estimate of drug-likeness (QED) is 0.193. The van der Waals surface area contributed by atoms with Crippen LogP contribution in [0.3, 0.4) is 0 Å². The fourth-order valence-corrected chi connectivity index (χ4v) is 13.1. The Labute approximate surface area is 290 Å². The van der Waals surface area contributed by atoms with Crippen molar-refractivity contribution >= 4 is 17.6 Å². The fraction of sp³-hybridized carbons (Fsp3) is 0.714. The molecule has 1 aromatic rings. The van der Waals surface area contributed by atoms with Crippen LogP contribution in [0.2, 0.25) is 0 Å². The van der Waals surface area contributed by atoms with Crippen molar-refractivity contribution < 1.29 is 14.7 Å². The molecule has 6 rings (SSSR count). The molecule has 0 saturated heterocycles. The number of urea groups is 1. The number of rotatable bonds is 8. The number of carbonyl (C=O) groups excluding carboxylic acids is 1.